The van der Waals surface area contributed by atoms with Gasteiger partial charge in [-0.25, -0.2) is 4.79 Å². The maximum atomic E-state index is 11.8. The lowest BCUT2D eigenvalue weighted by Crippen LogP contribution is -2.33. The van der Waals surface area contributed by atoms with Crippen LogP contribution in [0.4, 0.5) is 4.79 Å². The van der Waals surface area contributed by atoms with Crippen LogP contribution in [0, 0.1) is 0 Å². The lowest BCUT2D eigenvalue weighted by Gasteiger charge is -2.20. The monoisotopic (exact) mass is 251 g/mol. The molecule has 92 valence electrons. The quantitative estimate of drug-likeness (QED) is 0.767. The summed E-state index contributed by atoms with van der Waals surface area (Å²) in [4.78, 5) is 14.9. The second-order valence-corrected chi connectivity index (χ2v) is 4.94. The van der Waals surface area contributed by atoms with Gasteiger partial charge in [-0.3, -0.25) is 0 Å². The van der Waals surface area contributed by atoms with Crippen molar-refractivity contribution in [3.63, 3.8) is 0 Å². The molecule has 4 heteroatoms. The average molecular weight is 251 g/mol. The zero-order valence-electron chi connectivity index (χ0n) is 10.2. The van der Waals surface area contributed by atoms with Gasteiger partial charge in [-0.1, -0.05) is 6.08 Å². The number of allylic oxidation sites excluding steroid dienone is 1. The first-order chi connectivity index (χ1) is 8.26. The molecule has 1 aromatic rings. The van der Waals surface area contributed by atoms with E-state index in [2.05, 4.69) is 17.5 Å². The Labute approximate surface area is 106 Å². The summed E-state index contributed by atoms with van der Waals surface area (Å²) < 4.78 is 5.07. The number of fused-ring (bicyclic) bond motifs is 1. The normalized spacial score (nSPS) is 17.8. The van der Waals surface area contributed by atoms with Crippen molar-refractivity contribution < 1.29 is 9.53 Å². The number of rotatable bonds is 1. The van der Waals surface area contributed by atoms with Crippen molar-refractivity contribution in [3.8, 4) is 0 Å². The van der Waals surface area contributed by atoms with Crippen molar-refractivity contribution in [2.75, 3.05) is 19.7 Å². The van der Waals surface area contributed by atoms with Crippen molar-refractivity contribution in [1.29, 1.82) is 0 Å². The molecule has 0 spiro atoms. The number of carbonyl (C=O) groups is 1. The minimum atomic E-state index is -0.206. The minimum absolute atomic E-state index is 0.206. The van der Waals surface area contributed by atoms with Gasteiger partial charge in [0.05, 0.1) is 6.61 Å². The second kappa shape index (κ2) is 5.36. The van der Waals surface area contributed by atoms with Crippen molar-refractivity contribution in [2.45, 2.75) is 20.3 Å². The van der Waals surface area contributed by atoms with Crippen molar-refractivity contribution >= 4 is 23.0 Å². The van der Waals surface area contributed by atoms with Gasteiger partial charge >= 0.3 is 6.09 Å². The summed E-state index contributed by atoms with van der Waals surface area (Å²) in [7, 11) is 0. The SMILES string of the molecule is C/C=C1/CN(C(=O)OCC)CCc2sccc21. The third-order valence-electron chi connectivity index (χ3n) is 2.94. The fourth-order valence-electron chi connectivity index (χ4n) is 2.04. The summed E-state index contributed by atoms with van der Waals surface area (Å²) in [6.07, 6.45) is 2.80. The first kappa shape index (κ1) is 12.2. The van der Waals surface area contributed by atoms with Gasteiger partial charge in [0.1, 0.15) is 0 Å². The molecule has 0 saturated heterocycles. The van der Waals surface area contributed by atoms with E-state index in [1.807, 2.05) is 13.8 Å². The Bertz CT molecular complexity index is 436. The van der Waals surface area contributed by atoms with Crippen molar-refractivity contribution in [3.05, 3.63) is 28.0 Å². The number of ether oxygens (including phenoxy) is 1. The standard InChI is InChI=1S/C13H17NO2S/c1-3-10-9-14(13(15)16-4-2)7-5-12-11(10)6-8-17-12/h3,6,8H,4-5,7,9H2,1-2H3/b10-3-. The van der Waals surface area contributed by atoms with Gasteiger partial charge in [0.25, 0.3) is 0 Å². The van der Waals surface area contributed by atoms with Crippen LogP contribution >= 0.6 is 11.3 Å². The summed E-state index contributed by atoms with van der Waals surface area (Å²) in [5.74, 6) is 0. The van der Waals surface area contributed by atoms with Crippen molar-refractivity contribution in [2.24, 2.45) is 0 Å². The van der Waals surface area contributed by atoms with E-state index in [1.54, 1.807) is 16.2 Å². The third-order valence-corrected chi connectivity index (χ3v) is 3.92. The van der Waals surface area contributed by atoms with Crippen LogP contribution in [0.25, 0.3) is 5.57 Å². The first-order valence-electron chi connectivity index (χ1n) is 5.90. The highest BCUT2D eigenvalue weighted by molar-refractivity contribution is 7.10. The van der Waals surface area contributed by atoms with E-state index in [-0.39, 0.29) is 6.09 Å². The molecule has 1 aliphatic heterocycles. The van der Waals surface area contributed by atoms with Crippen molar-refractivity contribution in [1.82, 2.24) is 4.90 Å². The van der Waals surface area contributed by atoms with Crippen LogP contribution in [0.5, 0.6) is 0 Å². The van der Waals surface area contributed by atoms with E-state index in [0.29, 0.717) is 13.2 Å². The molecule has 0 aromatic carbocycles. The molecule has 2 heterocycles. The van der Waals surface area contributed by atoms with E-state index in [0.717, 1.165) is 13.0 Å². The summed E-state index contributed by atoms with van der Waals surface area (Å²) >= 11 is 1.77. The molecule has 0 radical (unpaired) electrons. The molecule has 1 amide bonds. The maximum absolute atomic E-state index is 11.8. The van der Waals surface area contributed by atoms with Gasteiger partial charge in [0.15, 0.2) is 0 Å². The molecular weight excluding hydrogens is 234 g/mol. The maximum Gasteiger partial charge on any atom is 0.410 e. The van der Waals surface area contributed by atoms with Gasteiger partial charge in [0.2, 0.25) is 0 Å². The van der Waals surface area contributed by atoms with E-state index >= 15 is 0 Å². The molecule has 0 atom stereocenters. The Morgan fingerprint density at radius 2 is 2.47 bits per heavy atom. The number of nitrogens with zero attached hydrogens (tertiary/aromatic N) is 1. The van der Waals surface area contributed by atoms with Gasteiger partial charge in [-0.15, -0.1) is 11.3 Å². The Morgan fingerprint density at radius 1 is 1.65 bits per heavy atom. The fraction of sp³-hybridized carbons (Fsp3) is 0.462. The van der Waals surface area contributed by atoms with Gasteiger partial charge < -0.3 is 9.64 Å². The number of thiophene rings is 1. The topological polar surface area (TPSA) is 29.5 Å². The predicted octanol–water partition coefficient (Wildman–Crippen LogP) is 3.17. The van der Waals surface area contributed by atoms with Crippen LogP contribution in [0.2, 0.25) is 0 Å². The summed E-state index contributed by atoms with van der Waals surface area (Å²) in [6.45, 7) is 5.68. The zero-order chi connectivity index (χ0) is 12.3. The van der Waals surface area contributed by atoms with E-state index in [1.165, 1.54) is 16.0 Å². The highest BCUT2D eigenvalue weighted by Crippen LogP contribution is 2.28. The minimum Gasteiger partial charge on any atom is -0.450 e. The number of carbonyl (C=O) groups excluding carboxylic acids is 1. The molecule has 0 bridgehead atoms. The summed E-state index contributed by atoms with van der Waals surface area (Å²) in [5, 5.41) is 2.12. The summed E-state index contributed by atoms with van der Waals surface area (Å²) in [5.41, 5.74) is 2.51. The van der Waals surface area contributed by atoms with Crippen LogP contribution in [-0.2, 0) is 11.2 Å². The molecule has 17 heavy (non-hydrogen) atoms. The average Bonchev–Trinajstić information content (AvgIpc) is 2.71. The Kier molecular flexibility index (Phi) is 3.84. The zero-order valence-corrected chi connectivity index (χ0v) is 11.0. The highest BCUT2D eigenvalue weighted by Gasteiger charge is 2.22. The highest BCUT2D eigenvalue weighted by atomic mass is 32.1. The van der Waals surface area contributed by atoms with Crippen LogP contribution in [-0.4, -0.2) is 30.7 Å². The largest absolute Gasteiger partial charge is 0.450 e. The fourth-order valence-corrected chi connectivity index (χ4v) is 2.95. The third kappa shape index (κ3) is 2.52. The number of amides is 1. The molecule has 0 unspecified atom stereocenters. The molecular formula is C13H17NO2S. The van der Waals surface area contributed by atoms with Crippen LogP contribution in [0.15, 0.2) is 17.5 Å². The van der Waals surface area contributed by atoms with E-state index in [4.69, 9.17) is 4.74 Å². The lowest BCUT2D eigenvalue weighted by atomic mass is 10.1. The van der Waals surface area contributed by atoms with Crippen LogP contribution in [0.3, 0.4) is 0 Å². The molecule has 2 rings (SSSR count). The molecule has 0 saturated carbocycles. The van der Waals surface area contributed by atoms with E-state index in [9.17, 15) is 4.79 Å². The lowest BCUT2D eigenvalue weighted by molar-refractivity contribution is 0.113. The van der Waals surface area contributed by atoms with Crippen LogP contribution < -0.4 is 0 Å². The molecule has 3 nitrogen and oxygen atoms in total. The second-order valence-electron chi connectivity index (χ2n) is 3.94. The van der Waals surface area contributed by atoms with E-state index < -0.39 is 0 Å². The Morgan fingerprint density at radius 3 is 3.18 bits per heavy atom. The van der Waals surface area contributed by atoms with Gasteiger partial charge in [-0.2, -0.15) is 0 Å². The first-order valence-corrected chi connectivity index (χ1v) is 6.77. The summed E-state index contributed by atoms with van der Waals surface area (Å²) in [6, 6.07) is 2.14. The van der Waals surface area contributed by atoms with Crippen LogP contribution in [0.1, 0.15) is 24.3 Å². The molecule has 1 aliphatic rings. The predicted molar refractivity (Wildman–Crippen MR) is 70.3 cm³/mol. The number of hydrogen-bond donors (Lipinski definition) is 0. The smallest absolute Gasteiger partial charge is 0.410 e. The van der Waals surface area contributed by atoms with Gasteiger partial charge in [0, 0.05) is 24.4 Å². The Balaban J connectivity index is 2.19. The molecule has 0 N–H and O–H groups in total. The molecule has 0 aliphatic carbocycles. The van der Waals surface area contributed by atoms with Gasteiger partial charge in [-0.05, 0) is 36.4 Å². The number of hydrogen-bond acceptors (Lipinski definition) is 3. The Hall–Kier alpha value is -1.29. The molecule has 0 fully saturated rings. The molecule has 1 aromatic heterocycles.